The summed E-state index contributed by atoms with van der Waals surface area (Å²) in [6.07, 6.45) is 1.92. The number of hydrogen-bond acceptors (Lipinski definition) is 4. The van der Waals surface area contributed by atoms with Crippen LogP contribution in [0.25, 0.3) is 0 Å². The van der Waals surface area contributed by atoms with Gasteiger partial charge in [0.15, 0.2) is 5.82 Å². The predicted octanol–water partition coefficient (Wildman–Crippen LogP) is 2.70. The van der Waals surface area contributed by atoms with Crippen molar-refractivity contribution in [2.45, 2.75) is 31.7 Å². The second kappa shape index (κ2) is 5.13. The monoisotopic (exact) mass is 257 g/mol. The number of hydrogen-bond donors (Lipinski definition) is 1. The van der Waals surface area contributed by atoms with Gasteiger partial charge >= 0.3 is 0 Å². The summed E-state index contributed by atoms with van der Waals surface area (Å²) in [6, 6.07) is 10.6. The SMILES string of the molecule is CNC(Cc1nc(C2CC2C)no1)c1ccccc1. The summed E-state index contributed by atoms with van der Waals surface area (Å²) in [7, 11) is 1.96. The fourth-order valence-electron chi connectivity index (χ4n) is 2.43. The maximum absolute atomic E-state index is 5.37. The van der Waals surface area contributed by atoms with E-state index in [-0.39, 0.29) is 6.04 Å². The summed E-state index contributed by atoms with van der Waals surface area (Å²) in [5.74, 6) is 2.82. The Morgan fingerprint density at radius 1 is 1.37 bits per heavy atom. The van der Waals surface area contributed by atoms with E-state index in [9.17, 15) is 0 Å². The zero-order valence-electron chi connectivity index (χ0n) is 11.3. The molecule has 1 aromatic heterocycles. The molecule has 0 radical (unpaired) electrons. The molecule has 1 N–H and O–H groups in total. The average Bonchev–Trinajstić information content (AvgIpc) is 3.00. The molecule has 0 amide bonds. The molecule has 0 bridgehead atoms. The van der Waals surface area contributed by atoms with Crippen molar-refractivity contribution >= 4 is 0 Å². The summed E-state index contributed by atoms with van der Waals surface area (Å²) in [6.45, 7) is 2.22. The minimum absolute atomic E-state index is 0.214. The van der Waals surface area contributed by atoms with Crippen LogP contribution in [0.1, 0.15) is 42.6 Å². The normalized spacial score (nSPS) is 23.3. The third-order valence-electron chi connectivity index (χ3n) is 3.85. The van der Waals surface area contributed by atoms with Gasteiger partial charge in [-0.3, -0.25) is 0 Å². The second-order valence-electron chi connectivity index (χ2n) is 5.32. The van der Waals surface area contributed by atoms with Gasteiger partial charge < -0.3 is 9.84 Å². The second-order valence-corrected chi connectivity index (χ2v) is 5.32. The van der Waals surface area contributed by atoms with Crippen LogP contribution in [0, 0.1) is 5.92 Å². The highest BCUT2D eigenvalue weighted by atomic mass is 16.5. The topological polar surface area (TPSA) is 51.0 Å². The summed E-state index contributed by atoms with van der Waals surface area (Å²) >= 11 is 0. The maximum Gasteiger partial charge on any atom is 0.228 e. The first-order chi connectivity index (χ1) is 9.28. The lowest BCUT2D eigenvalue weighted by atomic mass is 10.0. The van der Waals surface area contributed by atoms with E-state index in [1.807, 2.05) is 25.2 Å². The van der Waals surface area contributed by atoms with E-state index in [4.69, 9.17) is 4.52 Å². The Morgan fingerprint density at radius 3 is 2.74 bits per heavy atom. The molecule has 0 aliphatic heterocycles. The van der Waals surface area contributed by atoms with Gasteiger partial charge in [-0.25, -0.2) is 0 Å². The summed E-state index contributed by atoms with van der Waals surface area (Å²) in [5, 5.41) is 7.40. The minimum atomic E-state index is 0.214. The minimum Gasteiger partial charge on any atom is -0.339 e. The Balaban J connectivity index is 1.71. The summed E-state index contributed by atoms with van der Waals surface area (Å²) < 4.78 is 5.37. The highest BCUT2D eigenvalue weighted by molar-refractivity contribution is 5.20. The van der Waals surface area contributed by atoms with Crippen molar-refractivity contribution in [3.8, 4) is 0 Å². The summed E-state index contributed by atoms with van der Waals surface area (Å²) in [4.78, 5) is 4.52. The lowest BCUT2D eigenvalue weighted by Gasteiger charge is -2.13. The Kier molecular flexibility index (Phi) is 3.34. The molecule has 3 rings (SSSR count). The first kappa shape index (κ1) is 12.4. The van der Waals surface area contributed by atoms with Crippen LogP contribution in [-0.2, 0) is 6.42 Å². The van der Waals surface area contributed by atoms with Gasteiger partial charge in [-0.2, -0.15) is 4.98 Å². The van der Waals surface area contributed by atoms with Crippen molar-refractivity contribution < 1.29 is 4.52 Å². The molecule has 0 spiro atoms. The van der Waals surface area contributed by atoms with Crippen molar-refractivity contribution in [2.24, 2.45) is 5.92 Å². The highest BCUT2D eigenvalue weighted by Gasteiger charge is 2.38. The van der Waals surface area contributed by atoms with Gasteiger partial charge in [-0.1, -0.05) is 42.4 Å². The molecule has 0 saturated heterocycles. The van der Waals surface area contributed by atoms with Gasteiger partial charge in [0.05, 0.1) is 0 Å². The van der Waals surface area contributed by atoms with Crippen LogP contribution in [0.5, 0.6) is 0 Å². The number of rotatable bonds is 5. The average molecular weight is 257 g/mol. The van der Waals surface area contributed by atoms with E-state index in [1.54, 1.807) is 0 Å². The lowest BCUT2D eigenvalue weighted by Crippen LogP contribution is -2.18. The molecule has 1 saturated carbocycles. The molecule has 1 heterocycles. The van der Waals surface area contributed by atoms with Gasteiger partial charge in [0.2, 0.25) is 5.89 Å². The molecule has 2 aromatic rings. The molecule has 1 aromatic carbocycles. The van der Waals surface area contributed by atoms with Crippen LogP contribution in [-0.4, -0.2) is 17.2 Å². The number of likely N-dealkylation sites (N-methyl/N-ethyl adjacent to an activating group) is 1. The van der Waals surface area contributed by atoms with E-state index in [1.165, 1.54) is 12.0 Å². The van der Waals surface area contributed by atoms with Crippen LogP contribution >= 0.6 is 0 Å². The highest BCUT2D eigenvalue weighted by Crippen LogP contribution is 2.45. The van der Waals surface area contributed by atoms with Crippen molar-refractivity contribution in [3.05, 3.63) is 47.6 Å². The largest absolute Gasteiger partial charge is 0.339 e. The molecule has 4 heteroatoms. The Hall–Kier alpha value is -1.68. The van der Waals surface area contributed by atoms with Crippen molar-refractivity contribution in [1.82, 2.24) is 15.5 Å². The molecular weight excluding hydrogens is 238 g/mol. The molecule has 1 fully saturated rings. The van der Waals surface area contributed by atoms with Crippen molar-refractivity contribution in [3.63, 3.8) is 0 Å². The van der Waals surface area contributed by atoms with Gasteiger partial charge in [-0.05, 0) is 24.9 Å². The Bertz CT molecular complexity index is 537. The van der Waals surface area contributed by atoms with E-state index < -0.39 is 0 Å². The molecule has 3 atom stereocenters. The molecule has 19 heavy (non-hydrogen) atoms. The van der Waals surface area contributed by atoms with E-state index in [0.29, 0.717) is 11.8 Å². The van der Waals surface area contributed by atoms with Crippen LogP contribution < -0.4 is 5.32 Å². The number of benzene rings is 1. The number of nitrogens with zero attached hydrogens (tertiary/aromatic N) is 2. The van der Waals surface area contributed by atoms with Gasteiger partial charge in [0.25, 0.3) is 0 Å². The van der Waals surface area contributed by atoms with Crippen LogP contribution in [0.2, 0.25) is 0 Å². The fourth-order valence-corrected chi connectivity index (χ4v) is 2.43. The zero-order valence-corrected chi connectivity index (χ0v) is 11.3. The molecule has 3 unspecified atom stereocenters. The molecule has 1 aliphatic rings. The van der Waals surface area contributed by atoms with E-state index in [0.717, 1.165) is 18.1 Å². The molecule has 100 valence electrons. The van der Waals surface area contributed by atoms with Gasteiger partial charge in [0, 0.05) is 18.4 Å². The van der Waals surface area contributed by atoms with Gasteiger partial charge in [-0.15, -0.1) is 0 Å². The standard InChI is InChI=1S/C15H19N3O/c1-10-8-12(10)15-17-14(19-18-15)9-13(16-2)11-6-4-3-5-7-11/h3-7,10,12-13,16H,8-9H2,1-2H3. The quantitative estimate of drug-likeness (QED) is 0.894. The fraction of sp³-hybridized carbons (Fsp3) is 0.467. The third kappa shape index (κ3) is 2.68. The zero-order chi connectivity index (χ0) is 13.2. The Morgan fingerprint density at radius 2 is 2.11 bits per heavy atom. The molecular formula is C15H19N3O. The summed E-state index contributed by atoms with van der Waals surface area (Å²) in [5.41, 5.74) is 1.24. The van der Waals surface area contributed by atoms with Crippen molar-refractivity contribution in [1.29, 1.82) is 0 Å². The smallest absolute Gasteiger partial charge is 0.228 e. The predicted molar refractivity (Wildman–Crippen MR) is 72.8 cm³/mol. The van der Waals surface area contributed by atoms with Crippen LogP contribution in [0.3, 0.4) is 0 Å². The third-order valence-corrected chi connectivity index (χ3v) is 3.85. The first-order valence-corrected chi connectivity index (χ1v) is 6.82. The molecule has 4 nitrogen and oxygen atoms in total. The lowest BCUT2D eigenvalue weighted by molar-refractivity contribution is 0.358. The maximum atomic E-state index is 5.37. The van der Waals surface area contributed by atoms with E-state index >= 15 is 0 Å². The Labute approximate surface area is 113 Å². The number of nitrogens with one attached hydrogen (secondary N) is 1. The van der Waals surface area contributed by atoms with Crippen LogP contribution in [0.15, 0.2) is 34.9 Å². The van der Waals surface area contributed by atoms with Crippen LogP contribution in [0.4, 0.5) is 0 Å². The van der Waals surface area contributed by atoms with Gasteiger partial charge in [0.1, 0.15) is 0 Å². The molecule has 1 aliphatic carbocycles. The van der Waals surface area contributed by atoms with E-state index in [2.05, 4.69) is 34.5 Å². The van der Waals surface area contributed by atoms with Crippen molar-refractivity contribution in [2.75, 3.05) is 7.05 Å². The number of aromatic nitrogens is 2. The first-order valence-electron chi connectivity index (χ1n) is 6.82.